The molecule has 0 bridgehead atoms. The van der Waals surface area contributed by atoms with Crippen LogP contribution in [0.3, 0.4) is 0 Å². The second kappa shape index (κ2) is 7.08. The number of amides is 1. The molecule has 1 amide bonds. The van der Waals surface area contributed by atoms with Crippen LogP contribution in [0.15, 0.2) is 36.7 Å². The standard InChI is InChI=1S/C21H17F3N6O2/c1-10-5-15(22)12(18-27-19(29-28-18)14-7-21(14,23)24)6-16(10)26-20(31)13-8-25-30-9-11(32-2)3-4-17(13)30/h3-6,8-9,14H,7H2,1-2H3,(H,26,31)(H,27,28,29). The van der Waals surface area contributed by atoms with Crippen LogP contribution in [0.5, 0.6) is 5.75 Å². The Balaban J connectivity index is 1.44. The molecular formula is C21H17F3N6O2. The number of H-pyrrole nitrogens is 1. The fraction of sp³-hybridized carbons (Fsp3) is 0.238. The van der Waals surface area contributed by atoms with Crippen LogP contribution < -0.4 is 10.1 Å². The minimum atomic E-state index is -2.82. The molecule has 1 unspecified atom stereocenters. The van der Waals surface area contributed by atoms with Gasteiger partial charge in [-0.1, -0.05) is 0 Å². The van der Waals surface area contributed by atoms with E-state index in [0.717, 1.165) is 0 Å². The van der Waals surface area contributed by atoms with Crippen molar-refractivity contribution in [3.05, 3.63) is 59.4 Å². The van der Waals surface area contributed by atoms with Crippen molar-refractivity contribution in [2.24, 2.45) is 0 Å². The van der Waals surface area contributed by atoms with Gasteiger partial charge in [-0.3, -0.25) is 9.89 Å². The number of pyridine rings is 1. The van der Waals surface area contributed by atoms with Gasteiger partial charge in [0, 0.05) is 12.1 Å². The lowest BCUT2D eigenvalue weighted by molar-refractivity contribution is 0.102. The number of anilines is 1. The second-order valence-electron chi connectivity index (χ2n) is 7.62. The van der Waals surface area contributed by atoms with Gasteiger partial charge in [0.25, 0.3) is 11.8 Å². The van der Waals surface area contributed by atoms with Crippen molar-refractivity contribution >= 4 is 17.1 Å². The number of nitrogens with one attached hydrogen (secondary N) is 2. The molecule has 3 heterocycles. The number of aromatic nitrogens is 5. The number of aryl methyl sites for hydroxylation is 1. The molecule has 11 heteroatoms. The van der Waals surface area contributed by atoms with Crippen LogP contribution in [0.25, 0.3) is 16.9 Å². The topological polar surface area (TPSA) is 97.2 Å². The molecule has 164 valence electrons. The maximum Gasteiger partial charge on any atom is 0.259 e. The Hall–Kier alpha value is -3.89. The number of nitrogens with zero attached hydrogens (tertiary/aromatic N) is 4. The number of ether oxygens (including phenoxy) is 1. The summed E-state index contributed by atoms with van der Waals surface area (Å²) in [5.74, 6) is -4.39. The number of alkyl halides is 2. The summed E-state index contributed by atoms with van der Waals surface area (Å²) in [6.45, 7) is 1.64. The maximum absolute atomic E-state index is 14.6. The number of hydrogen-bond acceptors (Lipinski definition) is 5. The Morgan fingerprint density at radius 2 is 2.12 bits per heavy atom. The van der Waals surface area contributed by atoms with Gasteiger partial charge in [-0.25, -0.2) is 22.7 Å². The molecular weight excluding hydrogens is 425 g/mol. The number of carbonyl (C=O) groups is 1. The lowest BCUT2D eigenvalue weighted by Crippen LogP contribution is -2.13. The normalized spacial score (nSPS) is 16.8. The number of rotatable bonds is 5. The van der Waals surface area contributed by atoms with E-state index in [-0.39, 0.29) is 23.6 Å². The van der Waals surface area contributed by atoms with Crippen molar-refractivity contribution in [1.82, 2.24) is 24.8 Å². The molecule has 0 radical (unpaired) electrons. The van der Waals surface area contributed by atoms with Crippen molar-refractivity contribution in [3.8, 4) is 17.1 Å². The SMILES string of the molecule is COc1ccc2c(C(=O)Nc3cc(-c4n[nH]c(C5CC5(F)F)n4)c(F)cc3C)cnn2c1. The minimum absolute atomic E-state index is 0.0114. The van der Waals surface area contributed by atoms with Crippen LogP contribution in [0, 0.1) is 12.7 Å². The summed E-state index contributed by atoms with van der Waals surface area (Å²) in [6.07, 6.45) is 2.74. The van der Waals surface area contributed by atoms with Crippen molar-refractivity contribution in [2.45, 2.75) is 25.2 Å². The van der Waals surface area contributed by atoms with E-state index in [1.807, 2.05) is 0 Å². The summed E-state index contributed by atoms with van der Waals surface area (Å²) in [7, 11) is 1.53. The Labute approximate surface area is 179 Å². The molecule has 1 atom stereocenters. The molecule has 1 saturated carbocycles. The van der Waals surface area contributed by atoms with Crippen molar-refractivity contribution < 1.29 is 22.7 Å². The molecule has 1 aliphatic carbocycles. The first-order valence-corrected chi connectivity index (χ1v) is 9.70. The highest BCUT2D eigenvalue weighted by Crippen LogP contribution is 2.54. The van der Waals surface area contributed by atoms with Crippen molar-refractivity contribution in [2.75, 3.05) is 12.4 Å². The Kier molecular flexibility index (Phi) is 4.43. The number of benzene rings is 1. The van der Waals surface area contributed by atoms with E-state index in [9.17, 15) is 18.0 Å². The zero-order valence-corrected chi connectivity index (χ0v) is 17.0. The predicted molar refractivity (Wildman–Crippen MR) is 109 cm³/mol. The van der Waals surface area contributed by atoms with Gasteiger partial charge in [-0.05, 0) is 36.8 Å². The third-order valence-corrected chi connectivity index (χ3v) is 5.43. The fourth-order valence-corrected chi connectivity index (χ4v) is 3.49. The number of aromatic amines is 1. The zero-order valence-electron chi connectivity index (χ0n) is 17.0. The van der Waals surface area contributed by atoms with E-state index in [0.29, 0.717) is 28.1 Å². The monoisotopic (exact) mass is 442 g/mol. The van der Waals surface area contributed by atoms with E-state index in [2.05, 4.69) is 25.6 Å². The van der Waals surface area contributed by atoms with E-state index in [1.54, 1.807) is 25.3 Å². The van der Waals surface area contributed by atoms with Gasteiger partial charge < -0.3 is 10.1 Å². The Morgan fingerprint density at radius 3 is 2.84 bits per heavy atom. The number of hydrogen-bond donors (Lipinski definition) is 2. The largest absolute Gasteiger partial charge is 0.495 e. The number of carbonyl (C=O) groups excluding carboxylic acids is 1. The van der Waals surface area contributed by atoms with Crippen LogP contribution in [0.4, 0.5) is 18.9 Å². The molecule has 0 saturated heterocycles. The third kappa shape index (κ3) is 3.35. The first-order valence-electron chi connectivity index (χ1n) is 9.70. The number of methoxy groups -OCH3 is 1. The molecule has 1 fully saturated rings. The molecule has 1 aromatic carbocycles. The molecule has 32 heavy (non-hydrogen) atoms. The molecule has 1 aliphatic rings. The van der Waals surface area contributed by atoms with Gasteiger partial charge in [0.15, 0.2) is 5.82 Å². The summed E-state index contributed by atoms with van der Waals surface area (Å²) in [5.41, 5.74) is 1.67. The van der Waals surface area contributed by atoms with Gasteiger partial charge in [0.2, 0.25) is 0 Å². The average Bonchev–Trinajstić information content (AvgIpc) is 3.14. The van der Waals surface area contributed by atoms with Crippen LogP contribution >= 0.6 is 0 Å². The Morgan fingerprint density at radius 1 is 1.34 bits per heavy atom. The van der Waals surface area contributed by atoms with Crippen LogP contribution in [-0.4, -0.2) is 43.7 Å². The minimum Gasteiger partial charge on any atom is -0.495 e. The van der Waals surface area contributed by atoms with Gasteiger partial charge >= 0.3 is 0 Å². The lowest BCUT2D eigenvalue weighted by atomic mass is 10.1. The summed E-state index contributed by atoms with van der Waals surface area (Å²) in [6, 6.07) is 6.02. The van der Waals surface area contributed by atoms with Crippen molar-refractivity contribution in [1.29, 1.82) is 0 Å². The number of fused-ring (bicyclic) bond motifs is 1. The van der Waals surface area contributed by atoms with E-state index in [1.165, 1.54) is 30.0 Å². The number of halogens is 3. The average molecular weight is 442 g/mol. The Bertz CT molecular complexity index is 1360. The van der Waals surface area contributed by atoms with Crippen molar-refractivity contribution in [3.63, 3.8) is 0 Å². The van der Waals surface area contributed by atoms with E-state index in [4.69, 9.17) is 4.74 Å². The summed E-state index contributed by atoms with van der Waals surface area (Å²) < 4.78 is 47.9. The van der Waals surface area contributed by atoms with E-state index >= 15 is 0 Å². The first-order chi connectivity index (χ1) is 15.3. The first kappa shape index (κ1) is 20.0. The summed E-state index contributed by atoms with van der Waals surface area (Å²) in [4.78, 5) is 16.9. The molecule has 0 spiro atoms. The lowest BCUT2D eigenvalue weighted by Gasteiger charge is -2.10. The van der Waals surface area contributed by atoms with Gasteiger partial charge in [0.05, 0.1) is 42.1 Å². The highest BCUT2D eigenvalue weighted by Gasteiger charge is 2.59. The van der Waals surface area contributed by atoms with E-state index < -0.39 is 23.6 Å². The second-order valence-corrected chi connectivity index (χ2v) is 7.62. The van der Waals surface area contributed by atoms with Gasteiger partial charge in [-0.15, -0.1) is 0 Å². The third-order valence-electron chi connectivity index (χ3n) is 5.43. The molecule has 8 nitrogen and oxygen atoms in total. The van der Waals surface area contributed by atoms with Crippen LogP contribution in [0.1, 0.15) is 34.1 Å². The smallest absolute Gasteiger partial charge is 0.259 e. The highest BCUT2D eigenvalue weighted by atomic mass is 19.3. The predicted octanol–water partition coefficient (Wildman–Crippen LogP) is 3.95. The summed E-state index contributed by atoms with van der Waals surface area (Å²) >= 11 is 0. The van der Waals surface area contributed by atoms with Gasteiger partial charge in [-0.2, -0.15) is 10.2 Å². The zero-order chi connectivity index (χ0) is 22.6. The molecule has 5 rings (SSSR count). The van der Waals surface area contributed by atoms with Gasteiger partial charge in [0.1, 0.15) is 17.4 Å². The summed E-state index contributed by atoms with van der Waals surface area (Å²) in [5, 5.41) is 13.3. The molecule has 4 aromatic rings. The van der Waals surface area contributed by atoms with Crippen LogP contribution in [-0.2, 0) is 0 Å². The quantitative estimate of drug-likeness (QED) is 0.488. The maximum atomic E-state index is 14.6. The highest BCUT2D eigenvalue weighted by molar-refractivity contribution is 6.09. The fourth-order valence-electron chi connectivity index (χ4n) is 3.49. The molecule has 3 aromatic heterocycles. The van der Waals surface area contributed by atoms with Crippen LogP contribution in [0.2, 0.25) is 0 Å². The molecule has 0 aliphatic heterocycles. The molecule has 2 N–H and O–H groups in total.